The van der Waals surface area contributed by atoms with Crippen molar-refractivity contribution in [3.63, 3.8) is 0 Å². The Morgan fingerprint density at radius 3 is 2.83 bits per heavy atom. The number of aromatic nitrogens is 1. The van der Waals surface area contributed by atoms with Gasteiger partial charge in [0.25, 0.3) is 0 Å². The molecule has 0 aliphatic rings. The second-order valence-corrected chi connectivity index (χ2v) is 3.66. The molecule has 0 aliphatic heterocycles. The van der Waals surface area contributed by atoms with Crippen molar-refractivity contribution >= 4 is 11.7 Å². The molecule has 2 N–H and O–H groups in total. The largest absolute Gasteiger partial charge is 0.383 e. The van der Waals surface area contributed by atoms with Crippen LogP contribution in [0, 0.1) is 11.3 Å². The Morgan fingerprint density at radius 1 is 1.56 bits per heavy atom. The van der Waals surface area contributed by atoms with Crippen molar-refractivity contribution in [3.05, 3.63) is 23.9 Å². The standard InChI is InChI=1S/C12H16N4O2/c1-18-8-7-16(6-2-5-13)11-4-3-10(9-15-11)12(14)17/h3-4,9H,2,6-8H2,1H3,(H2,14,17). The molecular weight excluding hydrogens is 232 g/mol. The van der Waals surface area contributed by atoms with E-state index in [1.165, 1.54) is 6.20 Å². The topological polar surface area (TPSA) is 92.2 Å². The van der Waals surface area contributed by atoms with Crippen molar-refractivity contribution in [2.24, 2.45) is 5.73 Å². The van der Waals surface area contributed by atoms with Gasteiger partial charge in [-0.3, -0.25) is 4.79 Å². The normalized spacial score (nSPS) is 9.78. The van der Waals surface area contributed by atoms with E-state index < -0.39 is 5.91 Å². The third-order valence-electron chi connectivity index (χ3n) is 2.42. The molecule has 0 atom stereocenters. The van der Waals surface area contributed by atoms with E-state index in [-0.39, 0.29) is 0 Å². The third kappa shape index (κ3) is 4.03. The molecule has 0 saturated carbocycles. The highest BCUT2D eigenvalue weighted by molar-refractivity contribution is 5.92. The monoisotopic (exact) mass is 248 g/mol. The summed E-state index contributed by atoms with van der Waals surface area (Å²) in [6, 6.07) is 5.43. The minimum atomic E-state index is -0.505. The Morgan fingerprint density at radius 2 is 2.33 bits per heavy atom. The van der Waals surface area contributed by atoms with Crippen molar-refractivity contribution in [1.29, 1.82) is 5.26 Å². The zero-order valence-electron chi connectivity index (χ0n) is 10.3. The van der Waals surface area contributed by atoms with Crippen molar-refractivity contribution < 1.29 is 9.53 Å². The van der Waals surface area contributed by atoms with Gasteiger partial charge in [0.2, 0.25) is 5.91 Å². The first-order chi connectivity index (χ1) is 8.69. The first-order valence-corrected chi connectivity index (χ1v) is 5.55. The van der Waals surface area contributed by atoms with Gasteiger partial charge in [0.05, 0.1) is 24.7 Å². The average molecular weight is 248 g/mol. The average Bonchev–Trinajstić information content (AvgIpc) is 2.39. The molecule has 1 heterocycles. The van der Waals surface area contributed by atoms with Crippen LogP contribution >= 0.6 is 0 Å². The van der Waals surface area contributed by atoms with E-state index in [9.17, 15) is 4.79 Å². The summed E-state index contributed by atoms with van der Waals surface area (Å²) < 4.78 is 5.01. The minimum absolute atomic E-state index is 0.366. The fraction of sp³-hybridized carbons (Fsp3) is 0.417. The van der Waals surface area contributed by atoms with E-state index in [1.807, 2.05) is 4.90 Å². The van der Waals surface area contributed by atoms with Crippen LogP contribution in [0.3, 0.4) is 0 Å². The molecule has 1 aromatic rings. The lowest BCUT2D eigenvalue weighted by atomic mass is 10.2. The molecule has 1 rings (SSSR count). The fourth-order valence-electron chi connectivity index (χ4n) is 1.45. The molecule has 0 spiro atoms. The van der Waals surface area contributed by atoms with Gasteiger partial charge in [0.1, 0.15) is 5.82 Å². The number of ether oxygens (including phenoxy) is 1. The molecule has 18 heavy (non-hydrogen) atoms. The summed E-state index contributed by atoms with van der Waals surface area (Å²) in [5.74, 6) is 0.196. The third-order valence-corrected chi connectivity index (χ3v) is 2.42. The maximum absolute atomic E-state index is 10.9. The van der Waals surface area contributed by atoms with E-state index >= 15 is 0 Å². The number of amides is 1. The lowest BCUT2D eigenvalue weighted by Gasteiger charge is -2.22. The Hall–Kier alpha value is -2.13. The second-order valence-electron chi connectivity index (χ2n) is 3.66. The number of anilines is 1. The summed E-state index contributed by atoms with van der Waals surface area (Å²) in [5, 5.41) is 8.61. The van der Waals surface area contributed by atoms with Gasteiger partial charge in [-0.2, -0.15) is 5.26 Å². The van der Waals surface area contributed by atoms with Crippen LogP contribution in [0.15, 0.2) is 18.3 Å². The summed E-state index contributed by atoms with van der Waals surface area (Å²) in [6.45, 7) is 1.76. The predicted molar refractivity (Wildman–Crippen MR) is 67.1 cm³/mol. The van der Waals surface area contributed by atoms with E-state index in [0.29, 0.717) is 37.5 Å². The number of hydrogen-bond donors (Lipinski definition) is 1. The highest BCUT2D eigenvalue weighted by Gasteiger charge is 2.08. The fourth-order valence-corrected chi connectivity index (χ4v) is 1.45. The highest BCUT2D eigenvalue weighted by atomic mass is 16.5. The number of methoxy groups -OCH3 is 1. The van der Waals surface area contributed by atoms with Crippen LogP contribution in [0.1, 0.15) is 16.8 Å². The molecule has 0 radical (unpaired) electrons. The molecule has 6 nitrogen and oxygen atoms in total. The van der Waals surface area contributed by atoms with Gasteiger partial charge in [-0.15, -0.1) is 0 Å². The summed E-state index contributed by atoms with van der Waals surface area (Å²) in [7, 11) is 1.62. The zero-order chi connectivity index (χ0) is 13.4. The first-order valence-electron chi connectivity index (χ1n) is 5.55. The number of rotatable bonds is 7. The molecule has 1 aromatic heterocycles. The van der Waals surface area contributed by atoms with Crippen LogP contribution < -0.4 is 10.6 Å². The molecule has 0 bridgehead atoms. The number of carbonyl (C=O) groups is 1. The molecule has 6 heteroatoms. The van der Waals surface area contributed by atoms with Crippen LogP contribution in [0.4, 0.5) is 5.82 Å². The molecule has 96 valence electrons. The van der Waals surface area contributed by atoms with Gasteiger partial charge >= 0.3 is 0 Å². The second kappa shape index (κ2) is 7.25. The molecule has 0 aliphatic carbocycles. The van der Waals surface area contributed by atoms with Crippen molar-refractivity contribution in [2.45, 2.75) is 6.42 Å². The number of carbonyl (C=O) groups excluding carboxylic acids is 1. The predicted octanol–water partition coefficient (Wildman–Crippen LogP) is 0.547. The zero-order valence-corrected chi connectivity index (χ0v) is 10.3. The van der Waals surface area contributed by atoms with Crippen LogP contribution in [-0.4, -0.2) is 37.7 Å². The molecule has 0 aromatic carbocycles. The Kier molecular flexibility index (Phi) is 5.61. The Balaban J connectivity index is 2.77. The molecule has 0 unspecified atom stereocenters. The van der Waals surface area contributed by atoms with Crippen LogP contribution in [-0.2, 0) is 4.74 Å². The van der Waals surface area contributed by atoms with E-state index in [4.69, 9.17) is 15.7 Å². The molecule has 0 saturated heterocycles. The maximum atomic E-state index is 10.9. The number of nitrogens with two attached hydrogens (primary N) is 1. The molecule has 0 fully saturated rings. The van der Waals surface area contributed by atoms with Gasteiger partial charge in [0.15, 0.2) is 0 Å². The Labute approximate surface area is 106 Å². The smallest absolute Gasteiger partial charge is 0.250 e. The van der Waals surface area contributed by atoms with Crippen LogP contribution in [0.2, 0.25) is 0 Å². The summed E-state index contributed by atoms with van der Waals surface area (Å²) in [6.07, 6.45) is 1.84. The Bertz CT molecular complexity index is 425. The quantitative estimate of drug-likeness (QED) is 0.760. The van der Waals surface area contributed by atoms with Gasteiger partial charge in [0, 0.05) is 26.4 Å². The van der Waals surface area contributed by atoms with Crippen molar-refractivity contribution in [3.8, 4) is 6.07 Å². The van der Waals surface area contributed by atoms with E-state index in [2.05, 4.69) is 11.1 Å². The summed E-state index contributed by atoms with van der Waals surface area (Å²) in [5.41, 5.74) is 5.51. The summed E-state index contributed by atoms with van der Waals surface area (Å²) >= 11 is 0. The maximum Gasteiger partial charge on any atom is 0.250 e. The SMILES string of the molecule is COCCN(CCC#N)c1ccc(C(N)=O)cn1. The van der Waals surface area contributed by atoms with Gasteiger partial charge in [-0.05, 0) is 12.1 Å². The van der Waals surface area contributed by atoms with Crippen molar-refractivity contribution in [1.82, 2.24) is 4.98 Å². The molecular formula is C12H16N4O2. The van der Waals surface area contributed by atoms with Crippen LogP contribution in [0.5, 0.6) is 0 Å². The molecule has 1 amide bonds. The van der Waals surface area contributed by atoms with Crippen molar-refractivity contribution in [2.75, 3.05) is 31.7 Å². The highest BCUT2D eigenvalue weighted by Crippen LogP contribution is 2.11. The number of nitriles is 1. The van der Waals surface area contributed by atoms with E-state index in [0.717, 1.165) is 0 Å². The van der Waals surface area contributed by atoms with Gasteiger partial charge in [-0.1, -0.05) is 0 Å². The number of hydrogen-bond acceptors (Lipinski definition) is 5. The first kappa shape index (κ1) is 13.9. The number of pyridine rings is 1. The lowest BCUT2D eigenvalue weighted by Crippen LogP contribution is -2.29. The minimum Gasteiger partial charge on any atom is -0.383 e. The van der Waals surface area contributed by atoms with Crippen LogP contribution in [0.25, 0.3) is 0 Å². The summed E-state index contributed by atoms with van der Waals surface area (Å²) in [4.78, 5) is 17.0. The van der Waals surface area contributed by atoms with E-state index in [1.54, 1.807) is 19.2 Å². The van der Waals surface area contributed by atoms with Gasteiger partial charge < -0.3 is 15.4 Å². The lowest BCUT2D eigenvalue weighted by molar-refractivity contribution is 0.1000. The number of nitrogens with zero attached hydrogens (tertiary/aromatic N) is 3. The van der Waals surface area contributed by atoms with Gasteiger partial charge in [-0.25, -0.2) is 4.98 Å². The number of primary amides is 1.